The molecule has 0 aliphatic carbocycles. The van der Waals surface area contributed by atoms with Crippen LogP contribution in [0.3, 0.4) is 0 Å². The molecule has 2 unspecified atom stereocenters. The van der Waals surface area contributed by atoms with Gasteiger partial charge in [0, 0.05) is 25.1 Å². The number of hydrogen-bond donors (Lipinski definition) is 3. The minimum atomic E-state index is -0.185. The maximum absolute atomic E-state index is 10.3. The van der Waals surface area contributed by atoms with Gasteiger partial charge in [-0.3, -0.25) is 0 Å². The van der Waals surface area contributed by atoms with Gasteiger partial charge < -0.3 is 20.3 Å². The van der Waals surface area contributed by atoms with Gasteiger partial charge in [0.15, 0.2) is 11.5 Å². The van der Waals surface area contributed by atoms with E-state index >= 15 is 0 Å². The molecule has 3 rings (SSSR count). The van der Waals surface area contributed by atoms with Crippen LogP contribution < -0.4 is 5.32 Å². The zero-order valence-corrected chi connectivity index (χ0v) is 14.1. The van der Waals surface area contributed by atoms with Crippen LogP contribution >= 0.6 is 12.4 Å². The molecule has 1 aliphatic heterocycles. The highest BCUT2D eigenvalue weighted by Crippen LogP contribution is 2.43. The zero-order chi connectivity index (χ0) is 16.2. The van der Waals surface area contributed by atoms with Gasteiger partial charge in [-0.2, -0.15) is 0 Å². The Morgan fingerprint density at radius 3 is 2.62 bits per heavy atom. The molecule has 128 valence electrons. The molecule has 5 heteroatoms. The van der Waals surface area contributed by atoms with E-state index in [9.17, 15) is 10.2 Å². The molecule has 24 heavy (non-hydrogen) atoms. The van der Waals surface area contributed by atoms with Crippen molar-refractivity contribution < 1.29 is 14.9 Å². The third kappa shape index (κ3) is 3.73. The Kier molecular flexibility index (Phi) is 6.26. The Balaban J connectivity index is 0.00000208. The molecule has 3 N–H and O–H groups in total. The number of phenols is 2. The van der Waals surface area contributed by atoms with E-state index in [1.807, 2.05) is 36.4 Å². The third-order valence-electron chi connectivity index (χ3n) is 4.15. The van der Waals surface area contributed by atoms with Crippen LogP contribution in [0.2, 0.25) is 0 Å². The Bertz CT molecular complexity index is 691. The highest BCUT2D eigenvalue weighted by atomic mass is 35.5. The molecule has 2 aromatic carbocycles. The van der Waals surface area contributed by atoms with Gasteiger partial charge in [0.1, 0.15) is 0 Å². The van der Waals surface area contributed by atoms with Gasteiger partial charge >= 0.3 is 0 Å². The van der Waals surface area contributed by atoms with Crippen molar-refractivity contribution >= 4 is 12.4 Å². The average molecular weight is 348 g/mol. The normalized spacial score (nSPS) is 19.2. The number of phenolic OH excluding ortho intramolecular Hbond substituents is 2. The quantitative estimate of drug-likeness (QED) is 0.439. The molecule has 2 aromatic rings. The first kappa shape index (κ1) is 18.3. The third-order valence-corrected chi connectivity index (χ3v) is 4.15. The van der Waals surface area contributed by atoms with Crippen LogP contribution in [0.15, 0.2) is 55.1 Å². The second-order valence-electron chi connectivity index (χ2n) is 5.68. The van der Waals surface area contributed by atoms with Crippen LogP contribution in [0.1, 0.15) is 28.9 Å². The summed E-state index contributed by atoms with van der Waals surface area (Å²) in [5.74, 6) is -0.129. The van der Waals surface area contributed by atoms with E-state index in [1.54, 1.807) is 6.08 Å². The molecule has 0 spiro atoms. The molecule has 0 radical (unpaired) electrons. The van der Waals surface area contributed by atoms with E-state index < -0.39 is 0 Å². The highest BCUT2D eigenvalue weighted by molar-refractivity contribution is 5.85. The van der Waals surface area contributed by atoms with Gasteiger partial charge in [-0.15, -0.1) is 19.0 Å². The predicted octanol–water partition coefficient (Wildman–Crippen LogP) is 3.65. The number of nitrogens with one attached hydrogen (secondary N) is 1. The van der Waals surface area contributed by atoms with Crippen molar-refractivity contribution in [2.24, 2.45) is 0 Å². The first-order chi connectivity index (χ1) is 11.2. The maximum Gasteiger partial charge on any atom is 0.161 e. The second-order valence-corrected chi connectivity index (χ2v) is 5.68. The van der Waals surface area contributed by atoms with Gasteiger partial charge in [-0.1, -0.05) is 42.5 Å². The van der Waals surface area contributed by atoms with Crippen molar-refractivity contribution in [1.29, 1.82) is 0 Å². The first-order valence-electron chi connectivity index (χ1n) is 7.76. The number of aromatic hydroxyl groups is 2. The molecule has 1 aliphatic rings. The number of rotatable bonds is 5. The lowest BCUT2D eigenvalue weighted by Crippen LogP contribution is -2.29. The molecular formula is C19H22ClNO3. The van der Waals surface area contributed by atoms with Crippen molar-refractivity contribution in [1.82, 2.24) is 5.32 Å². The van der Waals surface area contributed by atoms with Crippen LogP contribution in [-0.4, -0.2) is 23.3 Å². The van der Waals surface area contributed by atoms with Crippen molar-refractivity contribution in [3.8, 4) is 11.5 Å². The van der Waals surface area contributed by atoms with Gasteiger partial charge in [0.2, 0.25) is 0 Å². The molecule has 0 bridgehead atoms. The fourth-order valence-corrected chi connectivity index (χ4v) is 3.00. The lowest BCUT2D eigenvalue weighted by atomic mass is 9.90. The molecule has 2 atom stereocenters. The SMILES string of the molecule is C=CCNCC1OC(c2ccccc2)Cc2c1ccc(O)c2O.Cl. The Hall–Kier alpha value is -2.01. The Labute approximate surface area is 148 Å². The summed E-state index contributed by atoms with van der Waals surface area (Å²) in [7, 11) is 0. The Morgan fingerprint density at radius 2 is 1.92 bits per heavy atom. The number of hydrogen-bond acceptors (Lipinski definition) is 4. The molecule has 0 aromatic heterocycles. The van der Waals surface area contributed by atoms with Crippen LogP contribution in [0, 0.1) is 0 Å². The largest absolute Gasteiger partial charge is 0.504 e. The molecule has 0 saturated heterocycles. The van der Waals surface area contributed by atoms with Gasteiger partial charge in [0.05, 0.1) is 12.2 Å². The molecule has 0 amide bonds. The molecule has 4 nitrogen and oxygen atoms in total. The summed E-state index contributed by atoms with van der Waals surface area (Å²) in [4.78, 5) is 0. The lowest BCUT2D eigenvalue weighted by molar-refractivity contribution is -0.0268. The van der Waals surface area contributed by atoms with E-state index in [4.69, 9.17) is 4.74 Å². The first-order valence-corrected chi connectivity index (χ1v) is 7.76. The summed E-state index contributed by atoms with van der Waals surface area (Å²) in [5, 5.41) is 23.3. The van der Waals surface area contributed by atoms with Gasteiger partial charge in [-0.25, -0.2) is 0 Å². The van der Waals surface area contributed by atoms with E-state index in [2.05, 4.69) is 11.9 Å². The van der Waals surface area contributed by atoms with Crippen molar-refractivity contribution in [3.05, 3.63) is 71.8 Å². The van der Waals surface area contributed by atoms with Crippen LogP contribution in [0.5, 0.6) is 11.5 Å². The monoisotopic (exact) mass is 347 g/mol. The molecule has 0 fully saturated rings. The van der Waals surface area contributed by atoms with Crippen molar-refractivity contribution in [3.63, 3.8) is 0 Å². The zero-order valence-electron chi connectivity index (χ0n) is 13.3. The predicted molar refractivity (Wildman–Crippen MR) is 96.8 cm³/mol. The van der Waals surface area contributed by atoms with Crippen molar-refractivity contribution in [2.75, 3.05) is 13.1 Å². The van der Waals surface area contributed by atoms with Crippen molar-refractivity contribution in [2.45, 2.75) is 18.6 Å². The fraction of sp³-hybridized carbons (Fsp3) is 0.263. The molecular weight excluding hydrogens is 326 g/mol. The van der Waals surface area contributed by atoms with E-state index in [0.717, 1.165) is 16.7 Å². The summed E-state index contributed by atoms with van der Waals surface area (Å²) < 4.78 is 6.25. The number of benzene rings is 2. The van der Waals surface area contributed by atoms with E-state index in [-0.39, 0.29) is 36.1 Å². The fourth-order valence-electron chi connectivity index (χ4n) is 3.00. The summed E-state index contributed by atoms with van der Waals surface area (Å²) in [6, 6.07) is 13.3. The maximum atomic E-state index is 10.3. The summed E-state index contributed by atoms with van der Waals surface area (Å²) >= 11 is 0. The summed E-state index contributed by atoms with van der Waals surface area (Å²) in [6.07, 6.45) is 2.01. The topological polar surface area (TPSA) is 61.7 Å². The minimum absolute atomic E-state index is 0. The van der Waals surface area contributed by atoms with Gasteiger partial charge in [-0.05, 0) is 17.2 Å². The summed E-state index contributed by atoms with van der Waals surface area (Å²) in [6.45, 7) is 5.01. The lowest BCUT2D eigenvalue weighted by Gasteiger charge is -2.33. The number of ether oxygens (including phenoxy) is 1. The molecule has 0 saturated carbocycles. The average Bonchev–Trinajstić information content (AvgIpc) is 2.59. The Morgan fingerprint density at radius 1 is 1.17 bits per heavy atom. The number of halogens is 1. The summed E-state index contributed by atoms with van der Waals surface area (Å²) in [5.41, 5.74) is 2.74. The smallest absolute Gasteiger partial charge is 0.161 e. The van der Waals surface area contributed by atoms with Crippen LogP contribution in [-0.2, 0) is 11.2 Å². The minimum Gasteiger partial charge on any atom is -0.504 e. The van der Waals surface area contributed by atoms with Gasteiger partial charge in [0.25, 0.3) is 0 Å². The highest BCUT2D eigenvalue weighted by Gasteiger charge is 2.31. The van der Waals surface area contributed by atoms with Crippen LogP contribution in [0.4, 0.5) is 0 Å². The van der Waals surface area contributed by atoms with E-state index in [1.165, 1.54) is 6.07 Å². The standard InChI is InChI=1S/C19H21NO3.ClH/c1-2-10-20-12-18-14-8-9-16(21)19(22)15(14)11-17(23-18)13-6-4-3-5-7-13;/h2-9,17-18,20-22H,1,10-12H2;1H. The van der Waals surface area contributed by atoms with Crippen LogP contribution in [0.25, 0.3) is 0 Å². The second kappa shape index (κ2) is 8.20. The number of fused-ring (bicyclic) bond motifs is 1. The van der Waals surface area contributed by atoms with E-state index in [0.29, 0.717) is 19.5 Å². The molecule has 1 heterocycles.